The maximum atomic E-state index is 12.1. The first-order valence-electron chi connectivity index (χ1n) is 12.5. The fraction of sp³-hybridized carbons (Fsp3) is 0.536. The van der Waals surface area contributed by atoms with E-state index in [1.807, 2.05) is 54.6 Å². The number of aliphatic hydroxyl groups excluding tert-OH is 2. The van der Waals surface area contributed by atoms with Crippen LogP contribution in [0.5, 0.6) is 5.75 Å². The van der Waals surface area contributed by atoms with Crippen LogP contribution in [0.25, 0.3) is 0 Å². The number of carbonyl (C=O) groups excluding carboxylic acids is 1. The lowest BCUT2D eigenvalue weighted by Crippen LogP contribution is -2.48. The fourth-order valence-electron chi connectivity index (χ4n) is 4.45. The summed E-state index contributed by atoms with van der Waals surface area (Å²) in [6.45, 7) is 7.54. The Morgan fingerprint density at radius 2 is 1.58 bits per heavy atom. The van der Waals surface area contributed by atoms with Crippen molar-refractivity contribution in [3.8, 4) is 5.75 Å². The molecule has 3 rings (SSSR count). The van der Waals surface area contributed by atoms with E-state index in [0.29, 0.717) is 32.9 Å². The molecule has 1 saturated heterocycles. The van der Waals surface area contributed by atoms with Crippen molar-refractivity contribution in [1.82, 2.24) is 5.06 Å². The second kappa shape index (κ2) is 13.6. The minimum absolute atomic E-state index is 0.0843. The lowest BCUT2D eigenvalue weighted by molar-refractivity contribution is -0.178. The van der Waals surface area contributed by atoms with Gasteiger partial charge in [0.2, 0.25) is 0 Å². The van der Waals surface area contributed by atoms with Gasteiger partial charge in [0, 0.05) is 44.6 Å². The third kappa shape index (κ3) is 8.78. The van der Waals surface area contributed by atoms with Crippen LogP contribution < -0.4 is 4.74 Å². The van der Waals surface area contributed by atoms with Gasteiger partial charge in [-0.05, 0) is 49.9 Å². The van der Waals surface area contributed by atoms with Crippen LogP contribution in [0, 0.1) is 11.8 Å². The Morgan fingerprint density at radius 1 is 0.944 bits per heavy atom. The van der Waals surface area contributed by atoms with Crippen molar-refractivity contribution in [3.63, 3.8) is 0 Å². The van der Waals surface area contributed by atoms with Crippen molar-refractivity contribution in [2.24, 2.45) is 11.8 Å². The summed E-state index contributed by atoms with van der Waals surface area (Å²) in [7, 11) is 0. The SMILES string of the molecule is CC(C)(C)OC(=O)ON1C[C@@H](CO)[C@@H](c2ccc(OCCCOCc3ccccc3)cc2)[C@@H](CO)C1. The Kier molecular flexibility index (Phi) is 10.6. The molecule has 8 heteroatoms. The molecule has 0 amide bonds. The van der Waals surface area contributed by atoms with Crippen LogP contribution in [-0.2, 0) is 20.9 Å². The Hall–Kier alpha value is -2.65. The number of hydrogen-bond acceptors (Lipinski definition) is 8. The topological polar surface area (TPSA) is 97.7 Å². The molecule has 0 bridgehead atoms. The number of rotatable bonds is 11. The summed E-state index contributed by atoms with van der Waals surface area (Å²) in [5, 5.41) is 21.6. The highest BCUT2D eigenvalue weighted by Gasteiger charge is 2.39. The normalized spacial score (nSPS) is 20.6. The van der Waals surface area contributed by atoms with E-state index in [1.165, 1.54) is 5.06 Å². The van der Waals surface area contributed by atoms with Crippen LogP contribution in [0.2, 0.25) is 0 Å². The zero-order valence-electron chi connectivity index (χ0n) is 21.5. The molecule has 0 unspecified atom stereocenters. The van der Waals surface area contributed by atoms with Crippen LogP contribution in [0.4, 0.5) is 4.79 Å². The molecule has 1 aliphatic rings. The summed E-state index contributed by atoms with van der Waals surface area (Å²) < 4.78 is 16.8. The number of hydrogen-bond donors (Lipinski definition) is 2. The van der Waals surface area contributed by atoms with Gasteiger partial charge in [-0.2, -0.15) is 0 Å². The van der Waals surface area contributed by atoms with Gasteiger partial charge >= 0.3 is 6.16 Å². The second-order valence-corrected chi connectivity index (χ2v) is 10.1. The Labute approximate surface area is 213 Å². The molecular weight excluding hydrogens is 462 g/mol. The van der Waals surface area contributed by atoms with Crippen molar-refractivity contribution in [3.05, 3.63) is 65.7 Å². The zero-order valence-corrected chi connectivity index (χ0v) is 21.5. The monoisotopic (exact) mass is 501 g/mol. The highest BCUT2D eigenvalue weighted by atomic mass is 16.8. The summed E-state index contributed by atoms with van der Waals surface area (Å²) >= 11 is 0. The molecule has 1 fully saturated rings. The van der Waals surface area contributed by atoms with Gasteiger partial charge in [0.05, 0.1) is 19.8 Å². The maximum Gasteiger partial charge on any atom is 0.528 e. The van der Waals surface area contributed by atoms with E-state index in [0.717, 1.165) is 23.3 Å². The van der Waals surface area contributed by atoms with Crippen LogP contribution >= 0.6 is 0 Å². The molecule has 0 saturated carbocycles. The molecule has 0 radical (unpaired) electrons. The average Bonchev–Trinajstić information content (AvgIpc) is 2.85. The van der Waals surface area contributed by atoms with E-state index in [9.17, 15) is 15.0 Å². The largest absolute Gasteiger partial charge is 0.528 e. The van der Waals surface area contributed by atoms with Gasteiger partial charge in [-0.15, -0.1) is 5.06 Å². The van der Waals surface area contributed by atoms with Crippen LogP contribution in [0.15, 0.2) is 54.6 Å². The molecular formula is C28H39NO7. The Bertz CT molecular complexity index is 900. The van der Waals surface area contributed by atoms with Crippen molar-refractivity contribution < 1.29 is 34.1 Å². The van der Waals surface area contributed by atoms with Crippen LogP contribution in [0.1, 0.15) is 44.2 Å². The van der Waals surface area contributed by atoms with E-state index in [4.69, 9.17) is 19.0 Å². The number of ether oxygens (including phenoxy) is 3. The number of hydroxylamine groups is 2. The summed E-state index contributed by atoms with van der Waals surface area (Å²) in [5.74, 6) is 0.242. The van der Waals surface area contributed by atoms with Crippen molar-refractivity contribution >= 4 is 6.16 Å². The first kappa shape index (κ1) is 27.9. The maximum absolute atomic E-state index is 12.1. The minimum atomic E-state index is -0.790. The Balaban J connectivity index is 1.48. The predicted octanol–water partition coefficient (Wildman–Crippen LogP) is 4.16. The molecule has 2 aromatic rings. The van der Waals surface area contributed by atoms with E-state index >= 15 is 0 Å². The molecule has 8 nitrogen and oxygen atoms in total. The van der Waals surface area contributed by atoms with Crippen LogP contribution in [0.3, 0.4) is 0 Å². The third-order valence-corrected chi connectivity index (χ3v) is 6.03. The van der Waals surface area contributed by atoms with Gasteiger partial charge < -0.3 is 29.3 Å². The standard InChI is InChI=1S/C28H39NO7/c1-28(2,3)35-27(32)36-29-16-23(18-30)26(24(17-29)19-31)22-10-12-25(13-11-22)34-15-7-14-33-20-21-8-5-4-6-9-21/h4-6,8-13,23-24,26,30-31H,7,14-20H2,1-3H3/t23-,24+,26+. The fourth-order valence-corrected chi connectivity index (χ4v) is 4.45. The molecule has 2 aromatic carbocycles. The lowest BCUT2D eigenvalue weighted by atomic mass is 9.74. The molecule has 2 N–H and O–H groups in total. The number of aliphatic hydroxyl groups is 2. The van der Waals surface area contributed by atoms with E-state index < -0.39 is 11.8 Å². The molecule has 36 heavy (non-hydrogen) atoms. The quantitative estimate of drug-likeness (QED) is 0.350. The van der Waals surface area contributed by atoms with Gasteiger partial charge in [-0.3, -0.25) is 0 Å². The highest BCUT2D eigenvalue weighted by molar-refractivity contribution is 5.60. The first-order valence-corrected chi connectivity index (χ1v) is 12.5. The van der Waals surface area contributed by atoms with Crippen molar-refractivity contribution in [1.29, 1.82) is 0 Å². The summed E-state index contributed by atoms with van der Waals surface area (Å²) in [5.41, 5.74) is 1.49. The average molecular weight is 502 g/mol. The van der Waals surface area contributed by atoms with E-state index in [2.05, 4.69) is 0 Å². The van der Waals surface area contributed by atoms with Gasteiger partial charge in [0.25, 0.3) is 0 Å². The first-order chi connectivity index (χ1) is 17.3. The summed E-state index contributed by atoms with van der Waals surface area (Å²) in [4.78, 5) is 17.4. The number of carbonyl (C=O) groups is 1. The molecule has 198 valence electrons. The molecule has 3 atom stereocenters. The second-order valence-electron chi connectivity index (χ2n) is 10.1. The van der Waals surface area contributed by atoms with Gasteiger partial charge in [-0.25, -0.2) is 4.79 Å². The van der Waals surface area contributed by atoms with E-state index in [-0.39, 0.29) is 31.0 Å². The number of piperidine rings is 1. The number of nitrogens with zero attached hydrogens (tertiary/aromatic N) is 1. The zero-order chi connectivity index (χ0) is 26.0. The summed E-state index contributed by atoms with van der Waals surface area (Å²) in [6.07, 6.45) is -0.00885. The van der Waals surface area contributed by atoms with Crippen molar-refractivity contribution in [2.45, 2.75) is 45.3 Å². The molecule has 1 heterocycles. The van der Waals surface area contributed by atoms with E-state index in [1.54, 1.807) is 20.8 Å². The van der Waals surface area contributed by atoms with Gasteiger partial charge in [0.1, 0.15) is 11.4 Å². The molecule has 1 aliphatic heterocycles. The molecule has 0 aromatic heterocycles. The predicted molar refractivity (Wildman–Crippen MR) is 135 cm³/mol. The van der Waals surface area contributed by atoms with Gasteiger partial charge in [0.15, 0.2) is 0 Å². The number of benzene rings is 2. The lowest BCUT2D eigenvalue weighted by Gasteiger charge is -2.41. The highest BCUT2D eigenvalue weighted by Crippen LogP contribution is 2.38. The molecule has 0 spiro atoms. The van der Waals surface area contributed by atoms with Crippen LogP contribution in [-0.4, -0.2) is 66.5 Å². The minimum Gasteiger partial charge on any atom is -0.494 e. The summed E-state index contributed by atoms with van der Waals surface area (Å²) in [6, 6.07) is 17.8. The smallest absolute Gasteiger partial charge is 0.494 e. The van der Waals surface area contributed by atoms with Gasteiger partial charge in [-0.1, -0.05) is 42.5 Å². The third-order valence-electron chi connectivity index (χ3n) is 6.03. The van der Waals surface area contributed by atoms with Crippen molar-refractivity contribution in [2.75, 3.05) is 39.5 Å². The molecule has 0 aliphatic carbocycles. The Morgan fingerprint density at radius 3 is 2.17 bits per heavy atom.